The van der Waals surface area contributed by atoms with Crippen LogP contribution in [0.2, 0.25) is 0 Å². The molecule has 1 saturated heterocycles. The molecule has 0 unspecified atom stereocenters. The third-order valence-corrected chi connectivity index (χ3v) is 6.08. The molecule has 0 aliphatic carbocycles. The molecule has 0 bridgehead atoms. The van der Waals surface area contributed by atoms with Crippen LogP contribution in [0.4, 0.5) is 9.52 Å². The van der Waals surface area contributed by atoms with Crippen LogP contribution in [0.15, 0.2) is 12.2 Å². The number of aromatic nitrogens is 2. The van der Waals surface area contributed by atoms with Gasteiger partial charge in [-0.1, -0.05) is 17.9 Å². The number of fused-ring (bicyclic) bond motifs is 1. The topological polar surface area (TPSA) is 114 Å². The standard InChI is InChI=1S/C20H25FN4O5S/c1-11(19(28)25(2)10-26)4-5-13(27)22-20-23-15-16(31-20)14(12-6-8-30-9-7-12)17(21)24-18(15)29-3/h12,26H,1,4-10H2,2-3H3,(H,22,23,27). The quantitative estimate of drug-likeness (QED) is 0.359. The maximum atomic E-state index is 14.8. The van der Waals surface area contributed by atoms with E-state index in [9.17, 15) is 14.0 Å². The van der Waals surface area contributed by atoms with Gasteiger partial charge in [0.2, 0.25) is 17.7 Å². The second-order valence-electron chi connectivity index (χ2n) is 7.21. The first-order chi connectivity index (χ1) is 14.8. The molecule has 168 valence electrons. The summed E-state index contributed by atoms with van der Waals surface area (Å²) in [6.07, 6.45) is 1.50. The predicted octanol–water partition coefficient (Wildman–Crippen LogP) is 2.42. The number of aliphatic hydroxyl groups excluding tert-OH is 1. The molecule has 1 aliphatic rings. The van der Waals surface area contributed by atoms with E-state index in [1.807, 2.05) is 0 Å². The molecule has 2 N–H and O–H groups in total. The Morgan fingerprint density at radius 3 is 2.71 bits per heavy atom. The minimum Gasteiger partial charge on any atom is -0.479 e. The van der Waals surface area contributed by atoms with Crippen LogP contribution in [0, 0.1) is 5.95 Å². The number of likely N-dealkylation sites (N-methyl/N-ethyl adjacent to an activating group) is 1. The van der Waals surface area contributed by atoms with Gasteiger partial charge in [-0.2, -0.15) is 9.37 Å². The number of halogens is 1. The van der Waals surface area contributed by atoms with E-state index in [1.165, 1.54) is 14.2 Å². The van der Waals surface area contributed by atoms with E-state index in [4.69, 9.17) is 14.6 Å². The molecule has 3 heterocycles. The molecule has 0 atom stereocenters. The fraction of sp³-hybridized carbons (Fsp3) is 0.500. The second kappa shape index (κ2) is 10.1. The maximum Gasteiger partial charge on any atom is 0.250 e. The second-order valence-corrected chi connectivity index (χ2v) is 8.20. The molecular weight excluding hydrogens is 427 g/mol. The first kappa shape index (κ1) is 23.0. The minimum atomic E-state index is -0.597. The number of methoxy groups -OCH3 is 1. The first-order valence-corrected chi connectivity index (χ1v) is 10.6. The van der Waals surface area contributed by atoms with Crippen molar-refractivity contribution in [3.8, 4) is 5.88 Å². The van der Waals surface area contributed by atoms with E-state index in [0.29, 0.717) is 47.0 Å². The van der Waals surface area contributed by atoms with Gasteiger partial charge in [0.15, 0.2) is 5.13 Å². The van der Waals surface area contributed by atoms with Gasteiger partial charge >= 0.3 is 0 Å². The highest BCUT2D eigenvalue weighted by Crippen LogP contribution is 2.41. The number of nitrogens with zero attached hydrogens (tertiary/aromatic N) is 3. The van der Waals surface area contributed by atoms with Crippen LogP contribution in [-0.4, -0.2) is 65.9 Å². The van der Waals surface area contributed by atoms with Crippen LogP contribution in [-0.2, 0) is 14.3 Å². The molecule has 0 spiro atoms. The lowest BCUT2D eigenvalue weighted by Gasteiger charge is -2.22. The Bertz CT molecular complexity index is 990. The van der Waals surface area contributed by atoms with E-state index in [0.717, 1.165) is 16.2 Å². The van der Waals surface area contributed by atoms with E-state index in [2.05, 4.69) is 21.9 Å². The number of aliphatic hydroxyl groups is 1. The first-order valence-electron chi connectivity index (χ1n) is 9.81. The molecule has 1 fully saturated rings. The van der Waals surface area contributed by atoms with Crippen molar-refractivity contribution in [3.63, 3.8) is 0 Å². The van der Waals surface area contributed by atoms with Crippen LogP contribution in [0.25, 0.3) is 10.2 Å². The Hall–Kier alpha value is -2.63. The summed E-state index contributed by atoms with van der Waals surface area (Å²) >= 11 is 1.16. The number of pyridine rings is 1. The third kappa shape index (κ3) is 5.17. The van der Waals surface area contributed by atoms with Gasteiger partial charge in [0, 0.05) is 37.8 Å². The van der Waals surface area contributed by atoms with Gasteiger partial charge in [-0.15, -0.1) is 0 Å². The van der Waals surface area contributed by atoms with Gasteiger partial charge in [0.05, 0.1) is 11.8 Å². The summed E-state index contributed by atoms with van der Waals surface area (Å²) in [5.41, 5.74) is 1.09. The average Bonchev–Trinajstić information content (AvgIpc) is 3.19. The molecule has 9 nitrogen and oxygen atoms in total. The SMILES string of the molecule is C=C(CCC(=O)Nc1nc2c(OC)nc(F)c(C3CCOCC3)c2s1)C(=O)N(C)CO. The Labute approximate surface area is 182 Å². The number of amides is 2. The zero-order valence-electron chi connectivity index (χ0n) is 17.4. The van der Waals surface area contributed by atoms with Gasteiger partial charge in [0.25, 0.3) is 5.91 Å². The molecule has 2 aromatic heterocycles. The fourth-order valence-corrected chi connectivity index (χ4v) is 4.45. The summed E-state index contributed by atoms with van der Waals surface area (Å²) in [5.74, 6) is -1.37. The summed E-state index contributed by atoms with van der Waals surface area (Å²) in [7, 11) is 2.82. The number of thiazole rings is 1. The Morgan fingerprint density at radius 1 is 1.35 bits per heavy atom. The molecule has 2 amide bonds. The van der Waals surface area contributed by atoms with Crippen molar-refractivity contribution in [2.45, 2.75) is 31.6 Å². The minimum absolute atomic E-state index is 0.0103. The lowest BCUT2D eigenvalue weighted by molar-refractivity contribution is -0.129. The highest BCUT2D eigenvalue weighted by atomic mass is 32.1. The third-order valence-electron chi connectivity index (χ3n) is 5.08. The molecule has 3 rings (SSSR count). The molecule has 11 heteroatoms. The summed E-state index contributed by atoms with van der Waals surface area (Å²) in [4.78, 5) is 33.7. The molecule has 0 radical (unpaired) electrons. The van der Waals surface area contributed by atoms with Crippen molar-refractivity contribution in [1.82, 2.24) is 14.9 Å². The lowest BCUT2D eigenvalue weighted by atomic mass is 9.92. The number of carbonyl (C=O) groups excluding carboxylic acids is 2. The smallest absolute Gasteiger partial charge is 0.250 e. The molecular formula is C20H25FN4O5S. The van der Waals surface area contributed by atoms with Gasteiger partial charge < -0.3 is 24.8 Å². The van der Waals surface area contributed by atoms with Crippen molar-refractivity contribution in [2.75, 3.05) is 39.4 Å². The molecule has 2 aromatic rings. The average molecular weight is 453 g/mol. The number of hydrogen-bond acceptors (Lipinski definition) is 8. The lowest BCUT2D eigenvalue weighted by Crippen LogP contribution is -2.28. The van der Waals surface area contributed by atoms with Crippen molar-refractivity contribution < 1.29 is 28.6 Å². The number of carbonyl (C=O) groups is 2. The Morgan fingerprint density at radius 2 is 2.06 bits per heavy atom. The predicted molar refractivity (Wildman–Crippen MR) is 114 cm³/mol. The van der Waals surface area contributed by atoms with Gasteiger partial charge in [0.1, 0.15) is 12.2 Å². The number of ether oxygens (including phenoxy) is 2. The van der Waals surface area contributed by atoms with E-state index in [-0.39, 0.29) is 36.1 Å². The van der Waals surface area contributed by atoms with Gasteiger partial charge in [-0.25, -0.2) is 4.98 Å². The van der Waals surface area contributed by atoms with Crippen molar-refractivity contribution in [2.24, 2.45) is 0 Å². The van der Waals surface area contributed by atoms with Gasteiger partial charge in [-0.05, 0) is 25.2 Å². The maximum absolute atomic E-state index is 14.8. The van der Waals surface area contributed by atoms with E-state index >= 15 is 0 Å². The van der Waals surface area contributed by atoms with Crippen molar-refractivity contribution >= 4 is 38.5 Å². The summed E-state index contributed by atoms with van der Waals surface area (Å²) in [6.45, 7) is 4.33. The van der Waals surface area contributed by atoms with Crippen molar-refractivity contribution in [1.29, 1.82) is 0 Å². The molecule has 0 saturated carbocycles. The zero-order valence-corrected chi connectivity index (χ0v) is 18.3. The molecule has 1 aliphatic heterocycles. The van der Waals surface area contributed by atoms with Crippen LogP contribution in [0.1, 0.15) is 37.2 Å². The highest BCUT2D eigenvalue weighted by molar-refractivity contribution is 7.22. The van der Waals surface area contributed by atoms with Crippen molar-refractivity contribution in [3.05, 3.63) is 23.7 Å². The summed E-state index contributed by atoms with van der Waals surface area (Å²) in [5, 5.41) is 12.0. The largest absolute Gasteiger partial charge is 0.479 e. The Balaban J connectivity index is 1.77. The van der Waals surface area contributed by atoms with Crippen LogP contribution >= 0.6 is 11.3 Å². The van der Waals surface area contributed by atoms with E-state index in [1.54, 1.807) is 0 Å². The number of nitrogens with one attached hydrogen (secondary N) is 1. The molecule has 0 aromatic carbocycles. The summed E-state index contributed by atoms with van der Waals surface area (Å²) < 4.78 is 26.0. The number of rotatable bonds is 8. The highest BCUT2D eigenvalue weighted by Gasteiger charge is 2.27. The van der Waals surface area contributed by atoms with Crippen LogP contribution in [0.3, 0.4) is 0 Å². The molecule has 31 heavy (non-hydrogen) atoms. The Kier molecular flexibility index (Phi) is 7.52. The fourth-order valence-electron chi connectivity index (χ4n) is 3.37. The zero-order chi connectivity index (χ0) is 22.5. The monoisotopic (exact) mass is 452 g/mol. The van der Waals surface area contributed by atoms with Gasteiger partial charge in [-0.3, -0.25) is 9.59 Å². The number of anilines is 1. The van der Waals surface area contributed by atoms with E-state index < -0.39 is 18.6 Å². The number of hydrogen-bond donors (Lipinski definition) is 2. The van der Waals surface area contributed by atoms with Crippen LogP contribution in [0.5, 0.6) is 5.88 Å². The summed E-state index contributed by atoms with van der Waals surface area (Å²) in [6, 6.07) is 0. The van der Waals surface area contributed by atoms with Crippen LogP contribution < -0.4 is 10.1 Å². The normalized spacial score (nSPS) is 14.5.